The highest BCUT2D eigenvalue weighted by molar-refractivity contribution is 5.86. The monoisotopic (exact) mass is 631 g/mol. The number of anilines is 3. The van der Waals surface area contributed by atoms with Crippen LogP contribution >= 0.6 is 0 Å². The molecule has 2 aromatic rings. The van der Waals surface area contributed by atoms with Gasteiger partial charge in [-0.05, 0) is 19.3 Å². The molecule has 0 saturated carbocycles. The van der Waals surface area contributed by atoms with Crippen molar-refractivity contribution in [3.8, 4) is 11.4 Å². The fourth-order valence-corrected chi connectivity index (χ4v) is 5.14. The van der Waals surface area contributed by atoms with E-state index in [0.29, 0.717) is 90.6 Å². The third kappa shape index (κ3) is 8.77. The second kappa shape index (κ2) is 16.0. The number of ether oxygens (including phenoxy) is 1. The van der Waals surface area contributed by atoms with E-state index in [1.54, 1.807) is 18.0 Å². The van der Waals surface area contributed by atoms with E-state index in [1.165, 1.54) is 11.1 Å². The number of nitrogens with two attached hydrogens (primary N) is 1. The Bertz CT molecular complexity index is 1340. The number of rotatable bonds is 14. The van der Waals surface area contributed by atoms with Crippen LogP contribution in [0.25, 0.3) is 11.4 Å². The molecule has 2 fully saturated rings. The summed E-state index contributed by atoms with van der Waals surface area (Å²) < 4.78 is 33.2. The van der Waals surface area contributed by atoms with E-state index >= 15 is 0 Å². The number of likely N-dealkylation sites (N-methyl/N-ethyl adjacent to an activating group) is 1. The van der Waals surface area contributed by atoms with Crippen molar-refractivity contribution in [2.75, 3.05) is 88.2 Å². The molecule has 0 bridgehead atoms. The number of carbonyl (C=O) groups is 3. The highest BCUT2D eigenvalue weighted by Crippen LogP contribution is 2.30. The number of hydrogen-bond donors (Lipinski definition) is 2. The molecule has 244 valence electrons. The van der Waals surface area contributed by atoms with Gasteiger partial charge in [-0.1, -0.05) is 6.08 Å². The lowest BCUT2D eigenvalue weighted by Gasteiger charge is -2.36. The van der Waals surface area contributed by atoms with Crippen LogP contribution in [0.5, 0.6) is 0 Å². The van der Waals surface area contributed by atoms with Crippen LogP contribution in [0.15, 0.2) is 18.9 Å². The van der Waals surface area contributed by atoms with E-state index in [9.17, 15) is 23.2 Å². The third-order valence-electron chi connectivity index (χ3n) is 7.64. The Morgan fingerprint density at radius 2 is 1.73 bits per heavy atom. The molecule has 0 spiro atoms. The largest absolute Gasteiger partial charge is 0.378 e. The quantitative estimate of drug-likeness (QED) is 0.168. The molecule has 0 aromatic carbocycles. The molecule has 3 N–H and O–H groups in total. The molecule has 4 heterocycles. The van der Waals surface area contributed by atoms with Gasteiger partial charge in [0.15, 0.2) is 5.82 Å². The molecule has 2 aromatic heterocycles. The van der Waals surface area contributed by atoms with E-state index in [2.05, 4.69) is 36.8 Å². The summed E-state index contributed by atoms with van der Waals surface area (Å²) in [7, 11) is 1.60. The van der Waals surface area contributed by atoms with E-state index < -0.39 is 12.1 Å². The number of nitrogen functional groups attached to an aromatic ring is 1. The Morgan fingerprint density at radius 1 is 1.07 bits per heavy atom. The maximum atomic E-state index is 13.9. The molecule has 3 amide bonds. The van der Waals surface area contributed by atoms with Crippen molar-refractivity contribution in [3.63, 3.8) is 0 Å². The number of alkyl halides is 2. The summed E-state index contributed by atoms with van der Waals surface area (Å²) in [5.41, 5.74) is 4.94. The van der Waals surface area contributed by atoms with Crippen molar-refractivity contribution in [3.05, 3.63) is 24.5 Å². The van der Waals surface area contributed by atoms with Crippen LogP contribution in [-0.2, 0) is 19.1 Å². The molecule has 15 nitrogen and oxygen atoms in total. The van der Waals surface area contributed by atoms with Crippen LogP contribution in [0.1, 0.15) is 31.4 Å². The average molecular weight is 632 g/mol. The summed E-state index contributed by atoms with van der Waals surface area (Å²) in [4.78, 5) is 65.0. The minimum absolute atomic E-state index is 0.00946. The zero-order valence-corrected chi connectivity index (χ0v) is 25.3. The number of nitrogens with one attached hydrogen (secondary N) is 1. The third-order valence-corrected chi connectivity index (χ3v) is 7.64. The van der Waals surface area contributed by atoms with Gasteiger partial charge in [-0.3, -0.25) is 14.4 Å². The van der Waals surface area contributed by atoms with Gasteiger partial charge < -0.3 is 35.4 Å². The summed E-state index contributed by atoms with van der Waals surface area (Å²) in [6, 6.07) is 0. The number of piperazine rings is 1. The lowest BCUT2D eigenvalue weighted by Crippen LogP contribution is -2.52. The highest BCUT2D eigenvalue weighted by atomic mass is 19.3. The minimum Gasteiger partial charge on any atom is -0.378 e. The van der Waals surface area contributed by atoms with Gasteiger partial charge in [0.1, 0.15) is 5.69 Å². The SMILES string of the molecule is C=CCCC(CCNC=O)C(=O)N(C)CC(=O)N1CCN(c2nc(-c3cnc(N)nc3C(F)F)nc(N3CCOCC3)n2)CC1. The Labute approximate surface area is 259 Å². The number of amides is 3. The second-order valence-corrected chi connectivity index (χ2v) is 10.7. The number of nitrogens with zero attached hydrogens (tertiary/aromatic N) is 9. The molecular weight excluding hydrogens is 592 g/mol. The van der Waals surface area contributed by atoms with Crippen LogP contribution in [0.2, 0.25) is 0 Å². The van der Waals surface area contributed by atoms with Gasteiger partial charge in [0.2, 0.25) is 36.1 Å². The number of allylic oxidation sites excluding steroid dienone is 1. The molecule has 2 aliphatic rings. The first-order chi connectivity index (χ1) is 21.7. The lowest BCUT2D eigenvalue weighted by molar-refractivity contribution is -0.142. The van der Waals surface area contributed by atoms with Crippen LogP contribution in [0.3, 0.4) is 0 Å². The van der Waals surface area contributed by atoms with Gasteiger partial charge in [0.25, 0.3) is 6.43 Å². The Hall–Kier alpha value is -4.54. The molecule has 1 atom stereocenters. The molecule has 45 heavy (non-hydrogen) atoms. The Kier molecular flexibility index (Phi) is 11.8. The van der Waals surface area contributed by atoms with Crippen LogP contribution in [0, 0.1) is 5.92 Å². The molecule has 2 saturated heterocycles. The van der Waals surface area contributed by atoms with Gasteiger partial charge in [-0.15, -0.1) is 6.58 Å². The topological polar surface area (TPSA) is 176 Å². The van der Waals surface area contributed by atoms with E-state index in [1.807, 2.05) is 9.80 Å². The van der Waals surface area contributed by atoms with E-state index in [-0.39, 0.29) is 47.6 Å². The minimum atomic E-state index is -2.93. The van der Waals surface area contributed by atoms with Gasteiger partial charge in [-0.25, -0.2) is 18.7 Å². The molecule has 17 heteroatoms. The first kappa shape index (κ1) is 33.4. The lowest BCUT2D eigenvalue weighted by atomic mass is 9.97. The number of aromatic nitrogens is 5. The summed E-state index contributed by atoms with van der Waals surface area (Å²) in [5, 5.41) is 2.58. The first-order valence-corrected chi connectivity index (χ1v) is 14.8. The maximum Gasteiger partial charge on any atom is 0.281 e. The smallest absolute Gasteiger partial charge is 0.281 e. The van der Waals surface area contributed by atoms with Crippen molar-refractivity contribution < 1.29 is 27.9 Å². The standard InChI is InChI=1S/C28H39F2N11O4/c1-3-4-5-19(6-7-32-18-42)25(44)38(2)17-21(43)39-8-10-40(11-9-39)27-35-24(20-16-33-26(31)34-22(20)23(29)30)36-28(37-27)41-12-14-45-15-13-41/h3,16,18-19,23H,1,4-15,17H2,2H3,(H,32,42)(H2,31,33,34). The van der Waals surface area contributed by atoms with Crippen LogP contribution < -0.4 is 20.9 Å². The van der Waals surface area contributed by atoms with Gasteiger partial charge >= 0.3 is 0 Å². The number of carbonyl (C=O) groups excluding carboxylic acids is 3. The van der Waals surface area contributed by atoms with E-state index in [4.69, 9.17) is 10.5 Å². The van der Waals surface area contributed by atoms with Crippen molar-refractivity contribution in [1.82, 2.24) is 40.0 Å². The van der Waals surface area contributed by atoms with Crippen LogP contribution in [0.4, 0.5) is 26.6 Å². The Morgan fingerprint density at radius 3 is 2.36 bits per heavy atom. The molecule has 0 aliphatic carbocycles. The number of halogens is 2. The summed E-state index contributed by atoms with van der Waals surface area (Å²) in [5.74, 6) is -0.433. The molecule has 4 rings (SSSR count). The van der Waals surface area contributed by atoms with Crippen molar-refractivity contribution >= 4 is 36.1 Å². The van der Waals surface area contributed by atoms with Gasteiger partial charge in [-0.2, -0.15) is 15.0 Å². The fraction of sp³-hybridized carbons (Fsp3) is 0.571. The first-order valence-electron chi connectivity index (χ1n) is 14.8. The maximum absolute atomic E-state index is 13.9. The number of hydrogen-bond acceptors (Lipinski definition) is 12. The van der Waals surface area contributed by atoms with Crippen LogP contribution in [-0.4, -0.2) is 126 Å². The zero-order chi connectivity index (χ0) is 32.3. The van der Waals surface area contributed by atoms with Crippen molar-refractivity contribution in [2.45, 2.75) is 25.7 Å². The Balaban J connectivity index is 1.46. The van der Waals surface area contributed by atoms with E-state index in [0.717, 1.165) is 0 Å². The normalized spacial score (nSPS) is 16.0. The zero-order valence-electron chi connectivity index (χ0n) is 25.3. The second-order valence-electron chi connectivity index (χ2n) is 10.7. The highest BCUT2D eigenvalue weighted by Gasteiger charge is 2.29. The predicted molar refractivity (Wildman–Crippen MR) is 161 cm³/mol. The molecular formula is C28H39F2N11O4. The summed E-state index contributed by atoms with van der Waals surface area (Å²) in [6.07, 6.45) is 2.26. The predicted octanol–water partition coefficient (Wildman–Crippen LogP) is 0.511. The fourth-order valence-electron chi connectivity index (χ4n) is 5.14. The summed E-state index contributed by atoms with van der Waals surface area (Å²) in [6.45, 7) is 7.36. The average Bonchev–Trinajstić information content (AvgIpc) is 3.06. The van der Waals surface area contributed by atoms with Crippen molar-refractivity contribution in [1.29, 1.82) is 0 Å². The molecule has 0 radical (unpaired) electrons. The van der Waals surface area contributed by atoms with Gasteiger partial charge in [0.05, 0.1) is 25.3 Å². The van der Waals surface area contributed by atoms with Gasteiger partial charge in [0, 0.05) is 65.0 Å². The summed E-state index contributed by atoms with van der Waals surface area (Å²) >= 11 is 0. The molecule has 1 unspecified atom stereocenters. The molecule has 2 aliphatic heterocycles. The van der Waals surface area contributed by atoms with Crippen molar-refractivity contribution in [2.24, 2.45) is 5.92 Å². The number of morpholine rings is 1.